The first-order valence-corrected chi connectivity index (χ1v) is 13.8. The molecule has 4 rings (SSSR count). The second-order valence-corrected chi connectivity index (χ2v) is 10.6. The molecule has 2 aromatic rings. The molecule has 2 aromatic carbocycles. The maximum atomic E-state index is 13.6. The summed E-state index contributed by atoms with van der Waals surface area (Å²) in [6.07, 6.45) is 1.04. The minimum atomic E-state index is -1.09. The zero-order chi connectivity index (χ0) is 28.6. The number of para-hydroxylation sites is 1. The topological polar surface area (TPSA) is 111 Å². The first kappa shape index (κ1) is 29.1. The summed E-state index contributed by atoms with van der Waals surface area (Å²) in [4.78, 5) is 59.0. The summed E-state index contributed by atoms with van der Waals surface area (Å²) in [5.41, 5.74) is 1.29. The molecule has 2 aliphatic rings. The number of nitrogens with zero attached hydrogens (tertiary/aromatic N) is 3. The highest BCUT2D eigenvalue weighted by Crippen LogP contribution is 2.21. The number of amides is 4. The van der Waals surface area contributed by atoms with Gasteiger partial charge in [0.25, 0.3) is 5.91 Å². The van der Waals surface area contributed by atoms with Crippen LogP contribution in [0.1, 0.15) is 35.7 Å². The third-order valence-electron chi connectivity index (χ3n) is 7.54. The van der Waals surface area contributed by atoms with Crippen molar-refractivity contribution < 1.29 is 23.9 Å². The van der Waals surface area contributed by atoms with Crippen LogP contribution in [0.3, 0.4) is 0 Å². The van der Waals surface area contributed by atoms with Gasteiger partial charge in [0.15, 0.2) is 0 Å². The number of nitrogens with one attached hydrogen (secondary N) is 2. The maximum absolute atomic E-state index is 13.6. The van der Waals surface area contributed by atoms with Crippen LogP contribution in [0.25, 0.3) is 0 Å². The lowest BCUT2D eigenvalue weighted by atomic mass is 10.0. The van der Waals surface area contributed by atoms with Crippen LogP contribution in [0.5, 0.6) is 5.75 Å². The van der Waals surface area contributed by atoms with Gasteiger partial charge in [-0.05, 0) is 51.1 Å². The van der Waals surface area contributed by atoms with Crippen molar-refractivity contribution >= 4 is 23.6 Å². The highest BCUT2D eigenvalue weighted by molar-refractivity contribution is 6.01. The molecule has 4 amide bonds. The largest absolute Gasteiger partial charge is 0.491 e. The zero-order valence-electron chi connectivity index (χ0n) is 23.5. The van der Waals surface area contributed by atoms with Gasteiger partial charge in [-0.2, -0.15) is 0 Å². The molecule has 0 radical (unpaired) electrons. The van der Waals surface area contributed by atoms with E-state index in [1.54, 1.807) is 48.0 Å². The summed E-state index contributed by atoms with van der Waals surface area (Å²) in [5.74, 6) is -1.23. The normalized spacial score (nSPS) is 23.7. The Bertz CT molecular complexity index is 1210. The average Bonchev–Trinajstić information content (AvgIpc) is 3.18. The Morgan fingerprint density at radius 2 is 1.65 bits per heavy atom. The lowest BCUT2D eigenvalue weighted by molar-refractivity contribution is -0.138. The van der Waals surface area contributed by atoms with Crippen LogP contribution in [-0.4, -0.2) is 103 Å². The van der Waals surface area contributed by atoms with E-state index in [2.05, 4.69) is 15.5 Å². The van der Waals surface area contributed by atoms with E-state index < -0.39 is 23.9 Å². The standard InChI is InChI=1S/C30H39N5O5/c1-21-29(38)34(3)23(18-22-10-5-4-6-11-22)20-40-26-13-8-7-12-24(26)28(37)32-25(19-27(36)31-21)30(39)35-15-9-14-33(2)16-17-35/h4-8,10-13,21,23,25H,9,14-20H2,1-3H3,(H,31,36)(H,32,37)/t21-,23-,25-/m0/s1. The van der Waals surface area contributed by atoms with Gasteiger partial charge in [0.05, 0.1) is 18.0 Å². The fourth-order valence-electron chi connectivity index (χ4n) is 5.12. The van der Waals surface area contributed by atoms with E-state index in [0.29, 0.717) is 31.8 Å². The Hall–Kier alpha value is -3.92. The van der Waals surface area contributed by atoms with Crippen LogP contribution in [0.4, 0.5) is 0 Å². The van der Waals surface area contributed by atoms with Crippen LogP contribution in [0.2, 0.25) is 0 Å². The van der Waals surface area contributed by atoms with Gasteiger partial charge in [0.1, 0.15) is 24.4 Å². The highest BCUT2D eigenvalue weighted by Gasteiger charge is 2.33. The second kappa shape index (κ2) is 13.4. The monoisotopic (exact) mass is 549 g/mol. The van der Waals surface area contributed by atoms with Crippen molar-refractivity contribution in [1.82, 2.24) is 25.3 Å². The third-order valence-corrected chi connectivity index (χ3v) is 7.54. The van der Waals surface area contributed by atoms with Crippen molar-refractivity contribution in [3.8, 4) is 5.75 Å². The van der Waals surface area contributed by atoms with E-state index in [0.717, 1.165) is 18.5 Å². The quantitative estimate of drug-likeness (QED) is 0.597. The molecule has 0 spiro atoms. The average molecular weight is 550 g/mol. The highest BCUT2D eigenvalue weighted by atomic mass is 16.5. The van der Waals surface area contributed by atoms with Crippen molar-refractivity contribution in [2.24, 2.45) is 0 Å². The van der Waals surface area contributed by atoms with E-state index in [1.807, 2.05) is 37.4 Å². The summed E-state index contributed by atoms with van der Waals surface area (Å²) in [6, 6.07) is 14.3. The van der Waals surface area contributed by atoms with E-state index in [-0.39, 0.29) is 36.4 Å². The molecule has 0 saturated carbocycles. The molecule has 2 aliphatic heterocycles. The summed E-state index contributed by atoms with van der Waals surface area (Å²) < 4.78 is 6.16. The van der Waals surface area contributed by atoms with Crippen LogP contribution >= 0.6 is 0 Å². The number of hydrogen-bond acceptors (Lipinski definition) is 6. The predicted octanol–water partition coefficient (Wildman–Crippen LogP) is 1.31. The molecule has 3 atom stereocenters. The maximum Gasteiger partial charge on any atom is 0.255 e. The smallest absolute Gasteiger partial charge is 0.255 e. The summed E-state index contributed by atoms with van der Waals surface area (Å²) in [6.45, 7) is 4.37. The SMILES string of the molecule is C[C@@H]1NC(=O)C[C@@H](C(=O)N2CCCN(C)CC2)NC(=O)c2ccccc2OC[C@H](Cc2ccccc2)N(C)C1=O. The third kappa shape index (κ3) is 7.38. The molecule has 10 heteroatoms. The van der Waals surface area contributed by atoms with Gasteiger partial charge in [-0.25, -0.2) is 0 Å². The van der Waals surface area contributed by atoms with Crippen molar-refractivity contribution in [2.45, 2.75) is 44.3 Å². The molecule has 2 N–H and O–H groups in total. The Balaban J connectivity index is 1.63. The van der Waals surface area contributed by atoms with E-state index in [1.165, 1.54) is 0 Å². The van der Waals surface area contributed by atoms with Crippen molar-refractivity contribution in [3.05, 3.63) is 65.7 Å². The fraction of sp³-hybridized carbons (Fsp3) is 0.467. The van der Waals surface area contributed by atoms with Crippen LogP contribution < -0.4 is 15.4 Å². The fourth-order valence-corrected chi connectivity index (χ4v) is 5.12. The van der Waals surface area contributed by atoms with Crippen LogP contribution in [0, 0.1) is 0 Å². The summed E-state index contributed by atoms with van der Waals surface area (Å²) >= 11 is 0. The van der Waals surface area contributed by atoms with Crippen molar-refractivity contribution in [2.75, 3.05) is 46.9 Å². The van der Waals surface area contributed by atoms with Gasteiger partial charge in [0, 0.05) is 26.7 Å². The molecule has 214 valence electrons. The van der Waals surface area contributed by atoms with Gasteiger partial charge in [-0.3, -0.25) is 19.2 Å². The molecule has 2 heterocycles. The lowest BCUT2D eigenvalue weighted by Crippen LogP contribution is -2.54. The number of likely N-dealkylation sites (N-methyl/N-ethyl adjacent to an activating group) is 2. The molecule has 0 unspecified atom stereocenters. The number of benzene rings is 2. The van der Waals surface area contributed by atoms with E-state index in [4.69, 9.17) is 4.74 Å². The summed E-state index contributed by atoms with van der Waals surface area (Å²) in [7, 11) is 3.69. The number of rotatable bonds is 3. The number of carbonyl (C=O) groups is 4. The molecule has 1 saturated heterocycles. The van der Waals surface area contributed by atoms with E-state index in [9.17, 15) is 19.2 Å². The Labute approximate surface area is 235 Å². The number of fused-ring (bicyclic) bond motifs is 1. The first-order chi connectivity index (χ1) is 19.2. The van der Waals surface area contributed by atoms with Crippen LogP contribution in [0.15, 0.2) is 54.6 Å². The van der Waals surface area contributed by atoms with Crippen molar-refractivity contribution in [3.63, 3.8) is 0 Å². The second-order valence-electron chi connectivity index (χ2n) is 10.6. The van der Waals surface area contributed by atoms with Gasteiger partial charge in [-0.15, -0.1) is 0 Å². The number of carbonyl (C=O) groups excluding carboxylic acids is 4. The van der Waals surface area contributed by atoms with Gasteiger partial charge in [0.2, 0.25) is 17.7 Å². The number of ether oxygens (including phenoxy) is 1. The molecule has 1 fully saturated rings. The van der Waals surface area contributed by atoms with Gasteiger partial charge in [-0.1, -0.05) is 42.5 Å². The molecular formula is C30H39N5O5. The minimum absolute atomic E-state index is 0.131. The Kier molecular flexibility index (Phi) is 9.76. The van der Waals surface area contributed by atoms with Crippen LogP contribution in [-0.2, 0) is 20.8 Å². The molecule has 10 nitrogen and oxygen atoms in total. The van der Waals surface area contributed by atoms with E-state index >= 15 is 0 Å². The first-order valence-electron chi connectivity index (χ1n) is 13.8. The minimum Gasteiger partial charge on any atom is -0.491 e. The molecule has 40 heavy (non-hydrogen) atoms. The zero-order valence-corrected chi connectivity index (χ0v) is 23.5. The van der Waals surface area contributed by atoms with Gasteiger partial charge >= 0.3 is 0 Å². The van der Waals surface area contributed by atoms with Gasteiger partial charge < -0.3 is 30.1 Å². The molecule has 0 aliphatic carbocycles. The lowest BCUT2D eigenvalue weighted by Gasteiger charge is -2.32. The molecule has 0 aromatic heterocycles. The predicted molar refractivity (Wildman–Crippen MR) is 151 cm³/mol. The van der Waals surface area contributed by atoms with Crippen molar-refractivity contribution in [1.29, 1.82) is 0 Å². The molecular weight excluding hydrogens is 510 g/mol. The Morgan fingerprint density at radius 3 is 2.42 bits per heavy atom. The molecule has 0 bridgehead atoms. The summed E-state index contributed by atoms with van der Waals surface area (Å²) in [5, 5.41) is 5.53. The number of hydrogen-bond donors (Lipinski definition) is 2. The Morgan fingerprint density at radius 1 is 0.925 bits per heavy atom.